The van der Waals surface area contributed by atoms with Crippen molar-refractivity contribution in [2.24, 2.45) is 0 Å². The van der Waals surface area contributed by atoms with E-state index in [2.05, 4.69) is 21.9 Å². The third-order valence-electron chi connectivity index (χ3n) is 4.10. The number of carbonyl (C=O) groups is 2. The minimum absolute atomic E-state index is 0.0951. The van der Waals surface area contributed by atoms with E-state index < -0.39 is 11.9 Å². The number of anilines is 1. The first-order valence-electron chi connectivity index (χ1n) is 8.89. The number of fused-ring (bicyclic) bond motifs is 1. The van der Waals surface area contributed by atoms with Crippen LogP contribution in [0, 0.1) is 13.8 Å². The average molecular weight is 433 g/mol. The summed E-state index contributed by atoms with van der Waals surface area (Å²) in [5.41, 5.74) is 0.212. The molecule has 10 heteroatoms. The number of amides is 1. The summed E-state index contributed by atoms with van der Waals surface area (Å²) >= 11 is 2.51. The van der Waals surface area contributed by atoms with Gasteiger partial charge in [-0.2, -0.15) is 0 Å². The van der Waals surface area contributed by atoms with Gasteiger partial charge in [0.25, 0.3) is 5.56 Å². The third kappa shape index (κ3) is 4.43. The lowest BCUT2D eigenvalue weighted by Crippen LogP contribution is -2.29. The molecule has 0 fully saturated rings. The molecule has 1 amide bonds. The summed E-state index contributed by atoms with van der Waals surface area (Å²) in [5, 5.41) is 3.42. The van der Waals surface area contributed by atoms with Crippen molar-refractivity contribution in [1.82, 2.24) is 14.5 Å². The maximum Gasteiger partial charge on any atom is 0.350 e. The molecule has 0 aliphatic carbocycles. The molecule has 0 bridgehead atoms. The predicted molar refractivity (Wildman–Crippen MR) is 114 cm³/mol. The molecule has 0 unspecified atom stereocenters. The van der Waals surface area contributed by atoms with Gasteiger partial charge in [-0.05, 0) is 26.3 Å². The fraction of sp³-hybridized carbons (Fsp3) is 0.316. The topological polar surface area (TPSA) is 103 Å². The molecular formula is C19H20N4O4S2. The Morgan fingerprint density at radius 3 is 2.76 bits per heavy atom. The van der Waals surface area contributed by atoms with E-state index >= 15 is 0 Å². The van der Waals surface area contributed by atoms with Gasteiger partial charge in [0, 0.05) is 4.88 Å². The van der Waals surface area contributed by atoms with Crippen molar-refractivity contribution < 1.29 is 14.3 Å². The van der Waals surface area contributed by atoms with E-state index in [9.17, 15) is 14.4 Å². The summed E-state index contributed by atoms with van der Waals surface area (Å²) in [4.78, 5) is 48.0. The number of carbonyl (C=O) groups excluding carboxylic acids is 2. The van der Waals surface area contributed by atoms with Gasteiger partial charge < -0.3 is 10.1 Å². The second-order valence-electron chi connectivity index (χ2n) is 6.20. The van der Waals surface area contributed by atoms with Crippen LogP contribution in [0.1, 0.15) is 33.0 Å². The number of thiazole rings is 1. The summed E-state index contributed by atoms with van der Waals surface area (Å²) in [6, 6.07) is 1.83. The van der Waals surface area contributed by atoms with E-state index in [1.807, 2.05) is 13.0 Å². The highest BCUT2D eigenvalue weighted by molar-refractivity contribution is 7.18. The number of nitrogens with one attached hydrogen (secondary N) is 1. The molecular weight excluding hydrogens is 412 g/mol. The molecule has 3 aromatic rings. The maximum atomic E-state index is 12.8. The minimum atomic E-state index is -0.522. The zero-order valence-corrected chi connectivity index (χ0v) is 17.9. The van der Waals surface area contributed by atoms with Crippen LogP contribution >= 0.6 is 22.7 Å². The number of hydrogen-bond acceptors (Lipinski definition) is 8. The highest BCUT2D eigenvalue weighted by Gasteiger charge is 2.19. The van der Waals surface area contributed by atoms with Crippen LogP contribution in [-0.2, 0) is 22.5 Å². The summed E-state index contributed by atoms with van der Waals surface area (Å²) in [5.74, 6) is -0.487. The number of hydrogen-bond donors (Lipinski definition) is 1. The van der Waals surface area contributed by atoms with Gasteiger partial charge in [-0.25, -0.2) is 14.8 Å². The zero-order valence-electron chi connectivity index (χ0n) is 16.3. The van der Waals surface area contributed by atoms with Gasteiger partial charge in [-0.3, -0.25) is 14.2 Å². The first kappa shape index (κ1) is 20.9. The fourth-order valence-electron chi connectivity index (χ4n) is 2.67. The van der Waals surface area contributed by atoms with Gasteiger partial charge in [-0.1, -0.05) is 30.9 Å². The molecule has 8 nitrogen and oxygen atoms in total. The molecule has 3 heterocycles. The van der Waals surface area contributed by atoms with Crippen LogP contribution in [0.25, 0.3) is 10.2 Å². The molecule has 0 saturated carbocycles. The molecule has 29 heavy (non-hydrogen) atoms. The molecule has 0 radical (unpaired) electrons. The molecule has 3 rings (SSSR count). The number of thiophene rings is 1. The summed E-state index contributed by atoms with van der Waals surface area (Å²) in [6.07, 6.45) is 2.29. The lowest BCUT2D eigenvalue weighted by atomic mass is 10.3. The van der Waals surface area contributed by atoms with Crippen LogP contribution in [-0.4, -0.2) is 33.0 Å². The lowest BCUT2D eigenvalue weighted by molar-refractivity contribution is -0.116. The van der Waals surface area contributed by atoms with Crippen molar-refractivity contribution in [3.8, 4) is 0 Å². The standard InChI is InChI=1S/C19H20N4O4S2/c1-5-7-27-18(26)15-10(3)20-19(29-15)22-14(24)9-23-11(4)21-16-13(17(23)25)8-12(6-2)28-16/h5,8H,1,6-7,9H2,2-4H3,(H,20,22,24). The van der Waals surface area contributed by atoms with E-state index in [4.69, 9.17) is 4.74 Å². The van der Waals surface area contributed by atoms with Crippen LogP contribution < -0.4 is 10.9 Å². The molecule has 0 spiro atoms. The Bertz CT molecular complexity index is 1160. The van der Waals surface area contributed by atoms with Crippen LogP contribution in [0.2, 0.25) is 0 Å². The Kier molecular flexibility index (Phi) is 6.23. The number of rotatable bonds is 7. The van der Waals surface area contributed by atoms with E-state index in [-0.39, 0.29) is 23.8 Å². The Morgan fingerprint density at radius 2 is 2.07 bits per heavy atom. The fourth-order valence-corrected chi connectivity index (χ4v) is 4.55. The highest BCUT2D eigenvalue weighted by atomic mass is 32.1. The second kappa shape index (κ2) is 8.66. The monoisotopic (exact) mass is 432 g/mol. The van der Waals surface area contributed by atoms with Crippen molar-refractivity contribution >= 4 is 49.9 Å². The van der Waals surface area contributed by atoms with Gasteiger partial charge in [0.1, 0.15) is 28.7 Å². The normalized spacial score (nSPS) is 10.9. The Morgan fingerprint density at radius 1 is 1.31 bits per heavy atom. The van der Waals surface area contributed by atoms with E-state index in [1.54, 1.807) is 13.8 Å². The van der Waals surface area contributed by atoms with Gasteiger partial charge in [0.2, 0.25) is 5.91 Å². The highest BCUT2D eigenvalue weighted by Crippen LogP contribution is 2.24. The van der Waals surface area contributed by atoms with Crippen molar-refractivity contribution in [3.63, 3.8) is 0 Å². The summed E-state index contributed by atoms with van der Waals surface area (Å²) in [6.45, 7) is 8.76. The Balaban J connectivity index is 1.78. The number of ether oxygens (including phenoxy) is 1. The molecule has 0 aromatic carbocycles. The third-order valence-corrected chi connectivity index (χ3v) is 6.33. The second-order valence-corrected chi connectivity index (χ2v) is 8.32. The molecule has 152 valence electrons. The predicted octanol–water partition coefficient (Wildman–Crippen LogP) is 3.08. The number of nitrogens with zero attached hydrogens (tertiary/aromatic N) is 3. The summed E-state index contributed by atoms with van der Waals surface area (Å²) < 4.78 is 6.34. The molecule has 1 N–H and O–H groups in total. The maximum absolute atomic E-state index is 12.8. The van der Waals surface area contributed by atoms with Gasteiger partial charge in [0.05, 0.1) is 11.1 Å². The number of aryl methyl sites for hydroxylation is 3. The van der Waals surface area contributed by atoms with E-state index in [0.717, 1.165) is 22.6 Å². The van der Waals surface area contributed by atoms with Gasteiger partial charge >= 0.3 is 5.97 Å². The Labute approximate surface area is 174 Å². The van der Waals surface area contributed by atoms with Crippen LogP contribution in [0.3, 0.4) is 0 Å². The van der Waals surface area contributed by atoms with Crippen molar-refractivity contribution in [1.29, 1.82) is 0 Å². The summed E-state index contributed by atoms with van der Waals surface area (Å²) in [7, 11) is 0. The SMILES string of the molecule is C=CCOC(=O)c1sc(NC(=O)Cn2c(C)nc3sc(CC)cc3c2=O)nc1C. The zero-order chi connectivity index (χ0) is 21.1. The quantitative estimate of drug-likeness (QED) is 0.455. The Hall–Kier alpha value is -2.85. The van der Waals surface area contributed by atoms with Gasteiger partial charge in [-0.15, -0.1) is 11.3 Å². The first-order chi connectivity index (χ1) is 13.8. The number of esters is 1. The van der Waals surface area contributed by atoms with Gasteiger partial charge in [0.15, 0.2) is 5.13 Å². The van der Waals surface area contributed by atoms with Crippen LogP contribution in [0.5, 0.6) is 0 Å². The van der Waals surface area contributed by atoms with E-state index in [1.165, 1.54) is 22.0 Å². The van der Waals surface area contributed by atoms with Crippen molar-refractivity contribution in [2.75, 3.05) is 11.9 Å². The molecule has 0 saturated heterocycles. The van der Waals surface area contributed by atoms with E-state index in [0.29, 0.717) is 26.6 Å². The molecule has 3 aromatic heterocycles. The largest absolute Gasteiger partial charge is 0.457 e. The van der Waals surface area contributed by atoms with Crippen LogP contribution in [0.15, 0.2) is 23.5 Å². The van der Waals surface area contributed by atoms with Crippen LogP contribution in [0.4, 0.5) is 5.13 Å². The smallest absolute Gasteiger partial charge is 0.350 e. The average Bonchev–Trinajstić information content (AvgIpc) is 3.26. The van der Waals surface area contributed by atoms with Crippen molar-refractivity contribution in [3.05, 3.63) is 50.3 Å². The number of aromatic nitrogens is 3. The first-order valence-corrected chi connectivity index (χ1v) is 10.5. The van der Waals surface area contributed by atoms with Crippen molar-refractivity contribution in [2.45, 2.75) is 33.7 Å². The molecule has 0 aliphatic rings. The lowest BCUT2D eigenvalue weighted by Gasteiger charge is -2.08. The molecule has 0 atom stereocenters. The minimum Gasteiger partial charge on any atom is -0.457 e. The molecule has 0 aliphatic heterocycles.